The third-order valence-corrected chi connectivity index (χ3v) is 2.99. The Morgan fingerprint density at radius 3 is 2.50 bits per heavy atom. The van der Waals surface area contributed by atoms with E-state index in [-0.39, 0.29) is 11.8 Å². The molecule has 0 aromatic heterocycles. The van der Waals surface area contributed by atoms with Crippen LogP contribution >= 0.6 is 15.9 Å². The third-order valence-electron chi connectivity index (χ3n) is 2.53. The summed E-state index contributed by atoms with van der Waals surface area (Å²) < 4.78 is 0. The highest BCUT2D eigenvalue weighted by Crippen LogP contribution is 2.14. The highest BCUT2D eigenvalue weighted by atomic mass is 79.9. The van der Waals surface area contributed by atoms with Gasteiger partial charge in [0.1, 0.15) is 0 Å². The lowest BCUT2D eigenvalue weighted by atomic mass is 10.0. The van der Waals surface area contributed by atoms with Crippen molar-refractivity contribution in [2.24, 2.45) is 0 Å². The van der Waals surface area contributed by atoms with Crippen LogP contribution < -0.4 is 5.32 Å². The van der Waals surface area contributed by atoms with Gasteiger partial charge in [-0.1, -0.05) is 53.2 Å². The third kappa shape index (κ3) is 4.35. The Kier molecular flexibility index (Phi) is 5.53. The zero-order valence-electron chi connectivity index (χ0n) is 9.74. The van der Waals surface area contributed by atoms with E-state index in [1.54, 1.807) is 0 Å². The summed E-state index contributed by atoms with van der Waals surface area (Å²) in [7, 11) is 0. The van der Waals surface area contributed by atoms with E-state index in [0.717, 1.165) is 18.5 Å². The predicted molar refractivity (Wildman–Crippen MR) is 70.9 cm³/mol. The van der Waals surface area contributed by atoms with Gasteiger partial charge in [-0.25, -0.2) is 0 Å². The normalized spacial score (nSPS) is 14.2. The van der Waals surface area contributed by atoms with Crippen LogP contribution in [0.1, 0.15) is 31.7 Å². The second-order valence-electron chi connectivity index (χ2n) is 3.99. The van der Waals surface area contributed by atoms with Crippen LogP contribution in [0.15, 0.2) is 30.3 Å². The van der Waals surface area contributed by atoms with Gasteiger partial charge in [0, 0.05) is 11.4 Å². The first-order valence-electron chi connectivity index (χ1n) is 5.58. The van der Waals surface area contributed by atoms with Crippen molar-refractivity contribution < 1.29 is 4.79 Å². The average molecular weight is 284 g/mol. The van der Waals surface area contributed by atoms with Crippen molar-refractivity contribution in [2.45, 2.75) is 31.0 Å². The monoisotopic (exact) mass is 283 g/mol. The van der Waals surface area contributed by atoms with E-state index in [1.807, 2.05) is 37.3 Å². The number of nitrogens with one attached hydrogen (secondary N) is 1. The molecular formula is C13H18BrNO. The molecule has 0 aliphatic rings. The zero-order valence-corrected chi connectivity index (χ0v) is 11.3. The molecule has 0 aliphatic heterocycles. The minimum Gasteiger partial charge on any atom is -0.356 e. The van der Waals surface area contributed by atoms with Crippen molar-refractivity contribution in [3.05, 3.63) is 35.9 Å². The van der Waals surface area contributed by atoms with E-state index in [4.69, 9.17) is 0 Å². The Morgan fingerprint density at radius 2 is 1.94 bits per heavy atom. The zero-order chi connectivity index (χ0) is 12.0. The van der Waals surface area contributed by atoms with Gasteiger partial charge in [0.05, 0.1) is 5.92 Å². The first-order chi connectivity index (χ1) is 7.61. The van der Waals surface area contributed by atoms with Gasteiger partial charge < -0.3 is 5.32 Å². The number of hydrogen-bond donors (Lipinski definition) is 1. The standard InChI is InChI=1S/C13H18BrNO/c1-10(14)8-9-15-13(16)11(2)12-6-4-3-5-7-12/h3-7,10-11H,8-9H2,1-2H3,(H,15,16). The molecule has 16 heavy (non-hydrogen) atoms. The van der Waals surface area contributed by atoms with Crippen LogP contribution in [0, 0.1) is 0 Å². The summed E-state index contributed by atoms with van der Waals surface area (Å²) >= 11 is 3.46. The Labute approximate surface area is 106 Å². The van der Waals surface area contributed by atoms with Gasteiger partial charge in [-0.3, -0.25) is 4.79 Å². The second-order valence-corrected chi connectivity index (χ2v) is 5.56. The van der Waals surface area contributed by atoms with E-state index >= 15 is 0 Å². The number of alkyl halides is 1. The maximum atomic E-state index is 11.8. The van der Waals surface area contributed by atoms with Crippen LogP contribution in [0.25, 0.3) is 0 Å². The highest BCUT2D eigenvalue weighted by Gasteiger charge is 2.13. The Bertz CT molecular complexity index is 324. The summed E-state index contributed by atoms with van der Waals surface area (Å²) in [4.78, 5) is 12.2. The Hall–Kier alpha value is -0.830. The van der Waals surface area contributed by atoms with Crippen LogP contribution in [0.5, 0.6) is 0 Å². The smallest absolute Gasteiger partial charge is 0.227 e. The van der Waals surface area contributed by atoms with Crippen LogP contribution in [0.2, 0.25) is 0 Å². The molecule has 88 valence electrons. The highest BCUT2D eigenvalue weighted by molar-refractivity contribution is 9.09. The number of rotatable bonds is 5. The average Bonchev–Trinajstić information content (AvgIpc) is 2.28. The van der Waals surface area contributed by atoms with Crippen LogP contribution in [0.3, 0.4) is 0 Å². The van der Waals surface area contributed by atoms with Gasteiger partial charge >= 0.3 is 0 Å². The second kappa shape index (κ2) is 6.69. The summed E-state index contributed by atoms with van der Waals surface area (Å²) in [5.74, 6) is 0.0196. The molecule has 1 N–H and O–H groups in total. The van der Waals surface area contributed by atoms with Gasteiger partial charge in [0.15, 0.2) is 0 Å². The fourth-order valence-corrected chi connectivity index (χ4v) is 1.67. The molecule has 2 nitrogen and oxygen atoms in total. The van der Waals surface area contributed by atoms with Crippen LogP contribution in [-0.4, -0.2) is 17.3 Å². The number of benzene rings is 1. The molecule has 0 aliphatic carbocycles. The largest absolute Gasteiger partial charge is 0.356 e. The van der Waals surface area contributed by atoms with Crippen molar-refractivity contribution in [3.8, 4) is 0 Å². The van der Waals surface area contributed by atoms with Gasteiger partial charge in [-0.15, -0.1) is 0 Å². The molecule has 1 aromatic carbocycles. The first-order valence-corrected chi connectivity index (χ1v) is 6.49. The molecule has 1 amide bonds. The van der Waals surface area contributed by atoms with Gasteiger partial charge in [-0.2, -0.15) is 0 Å². The van der Waals surface area contributed by atoms with E-state index in [1.165, 1.54) is 0 Å². The summed E-state index contributed by atoms with van der Waals surface area (Å²) in [6.45, 7) is 4.73. The lowest BCUT2D eigenvalue weighted by Crippen LogP contribution is -2.29. The lowest BCUT2D eigenvalue weighted by molar-refractivity contribution is -0.122. The molecule has 0 heterocycles. The van der Waals surface area contributed by atoms with Crippen molar-refractivity contribution >= 4 is 21.8 Å². The van der Waals surface area contributed by atoms with E-state index < -0.39 is 0 Å². The summed E-state index contributed by atoms with van der Waals surface area (Å²) in [5.41, 5.74) is 1.06. The van der Waals surface area contributed by atoms with Crippen molar-refractivity contribution in [3.63, 3.8) is 0 Å². The van der Waals surface area contributed by atoms with Crippen LogP contribution in [0.4, 0.5) is 0 Å². The van der Waals surface area contributed by atoms with E-state index in [2.05, 4.69) is 28.2 Å². The first kappa shape index (κ1) is 13.2. The molecule has 0 saturated carbocycles. The van der Waals surface area contributed by atoms with Crippen molar-refractivity contribution in [1.82, 2.24) is 5.32 Å². The fraction of sp³-hybridized carbons (Fsp3) is 0.462. The molecular weight excluding hydrogens is 266 g/mol. The predicted octanol–water partition coefficient (Wildman–Crippen LogP) is 3.08. The minimum absolute atomic E-state index is 0.0770. The van der Waals surface area contributed by atoms with Crippen LogP contribution in [-0.2, 0) is 4.79 Å². The maximum Gasteiger partial charge on any atom is 0.227 e. The molecule has 0 fully saturated rings. The number of halogens is 1. The maximum absolute atomic E-state index is 11.8. The SMILES string of the molecule is CC(Br)CCNC(=O)C(C)c1ccccc1. The van der Waals surface area contributed by atoms with E-state index in [0.29, 0.717) is 4.83 Å². The summed E-state index contributed by atoms with van der Waals surface area (Å²) in [6, 6.07) is 9.84. The van der Waals surface area contributed by atoms with Crippen molar-refractivity contribution in [1.29, 1.82) is 0 Å². The molecule has 2 atom stereocenters. The van der Waals surface area contributed by atoms with E-state index in [9.17, 15) is 4.79 Å². The summed E-state index contributed by atoms with van der Waals surface area (Å²) in [5, 5.41) is 2.94. The van der Waals surface area contributed by atoms with Crippen molar-refractivity contribution in [2.75, 3.05) is 6.54 Å². The van der Waals surface area contributed by atoms with Gasteiger partial charge in [0.25, 0.3) is 0 Å². The molecule has 1 rings (SSSR count). The van der Waals surface area contributed by atoms with Gasteiger partial charge in [0.2, 0.25) is 5.91 Å². The molecule has 0 saturated heterocycles. The molecule has 1 aromatic rings. The number of amides is 1. The molecule has 3 heteroatoms. The number of hydrogen-bond acceptors (Lipinski definition) is 1. The molecule has 0 radical (unpaired) electrons. The minimum atomic E-state index is -0.0770. The fourth-order valence-electron chi connectivity index (χ4n) is 1.44. The number of carbonyl (C=O) groups is 1. The van der Waals surface area contributed by atoms with Gasteiger partial charge in [-0.05, 0) is 18.9 Å². The topological polar surface area (TPSA) is 29.1 Å². The molecule has 0 bridgehead atoms. The Balaban J connectivity index is 2.43. The summed E-state index contributed by atoms with van der Waals surface area (Å²) in [6.07, 6.45) is 0.952. The lowest BCUT2D eigenvalue weighted by Gasteiger charge is -2.12. The molecule has 0 spiro atoms. The molecule has 2 unspecified atom stereocenters. The number of carbonyl (C=O) groups excluding carboxylic acids is 1. The quantitative estimate of drug-likeness (QED) is 0.827. The Morgan fingerprint density at radius 1 is 1.31 bits per heavy atom.